The summed E-state index contributed by atoms with van der Waals surface area (Å²) in [6.07, 6.45) is 1.52. The molecule has 0 unspecified atom stereocenters. The average Bonchev–Trinajstić information content (AvgIpc) is 3.15. The van der Waals surface area contributed by atoms with Crippen LogP contribution in [0.3, 0.4) is 0 Å². The number of halogens is 3. The number of pyridine rings is 1. The smallest absolute Gasteiger partial charge is 0.422 e. The van der Waals surface area contributed by atoms with E-state index in [0.717, 1.165) is 13.0 Å². The highest BCUT2D eigenvalue weighted by molar-refractivity contribution is 5.79. The summed E-state index contributed by atoms with van der Waals surface area (Å²) in [6, 6.07) is 5.02. The second-order valence-electron chi connectivity index (χ2n) is 5.65. The van der Waals surface area contributed by atoms with Gasteiger partial charge in [0, 0.05) is 44.3 Å². The molecule has 0 saturated carbocycles. The Balaban J connectivity index is 1.83. The number of alkyl halides is 3. The van der Waals surface area contributed by atoms with Gasteiger partial charge in [-0.15, -0.1) is 0 Å². The number of aliphatic imine (C=N–C) groups is 1. The van der Waals surface area contributed by atoms with Gasteiger partial charge in [0.05, 0.1) is 6.54 Å². The third-order valence-corrected chi connectivity index (χ3v) is 3.36. The van der Waals surface area contributed by atoms with Gasteiger partial charge in [0.2, 0.25) is 5.88 Å². The first-order valence-corrected chi connectivity index (χ1v) is 8.60. The third-order valence-electron chi connectivity index (χ3n) is 3.36. The number of guanidine groups is 1. The first kappa shape index (κ1) is 20.5. The molecule has 2 heterocycles. The summed E-state index contributed by atoms with van der Waals surface area (Å²) in [6.45, 7) is 3.08. The highest BCUT2D eigenvalue weighted by Crippen LogP contribution is 2.17. The number of hydrogen-bond acceptors (Lipinski definition) is 4. The molecular weight excluding hydrogens is 361 g/mol. The molecule has 27 heavy (non-hydrogen) atoms. The van der Waals surface area contributed by atoms with Gasteiger partial charge in [0.15, 0.2) is 12.6 Å². The van der Waals surface area contributed by atoms with Crippen LogP contribution in [0.2, 0.25) is 0 Å². The Hall–Kier alpha value is -2.78. The summed E-state index contributed by atoms with van der Waals surface area (Å²) >= 11 is 0. The van der Waals surface area contributed by atoms with E-state index in [0.29, 0.717) is 31.2 Å². The molecule has 0 aliphatic carbocycles. The molecule has 0 amide bonds. The fourth-order valence-corrected chi connectivity index (χ4v) is 2.18. The molecule has 0 spiro atoms. The van der Waals surface area contributed by atoms with Crippen LogP contribution in [0.15, 0.2) is 41.8 Å². The SMILES string of the molecule is CCNC(=NCc1ccnc(OCC(F)(F)F)c1)NCCCn1cccn1. The van der Waals surface area contributed by atoms with Crippen LogP contribution in [-0.4, -0.2) is 46.6 Å². The standard InChI is InChI=1S/C17H23F3N6O/c1-2-21-16(23-6-3-9-26-10-4-7-25-26)24-12-14-5-8-22-15(11-14)27-13-17(18,19)20/h4-5,7-8,10-11H,2-3,6,9,12-13H2,1H3,(H2,21,23,24). The van der Waals surface area contributed by atoms with E-state index in [9.17, 15) is 13.2 Å². The van der Waals surface area contributed by atoms with Crippen molar-refractivity contribution < 1.29 is 17.9 Å². The molecule has 2 aromatic heterocycles. The van der Waals surface area contributed by atoms with Gasteiger partial charge >= 0.3 is 6.18 Å². The van der Waals surface area contributed by atoms with E-state index < -0.39 is 12.8 Å². The van der Waals surface area contributed by atoms with Crippen molar-refractivity contribution in [3.05, 3.63) is 42.4 Å². The van der Waals surface area contributed by atoms with Crippen LogP contribution in [0.4, 0.5) is 13.2 Å². The van der Waals surface area contributed by atoms with Crippen LogP contribution < -0.4 is 15.4 Å². The largest absolute Gasteiger partial charge is 0.468 e. The number of ether oxygens (including phenoxy) is 1. The molecule has 0 radical (unpaired) electrons. The maximum atomic E-state index is 12.2. The van der Waals surface area contributed by atoms with E-state index >= 15 is 0 Å². The van der Waals surface area contributed by atoms with Gasteiger partial charge in [0.1, 0.15) is 0 Å². The third kappa shape index (κ3) is 8.43. The Labute approximate surface area is 155 Å². The second kappa shape index (κ2) is 10.4. The molecule has 0 aromatic carbocycles. The van der Waals surface area contributed by atoms with Crippen molar-refractivity contribution in [2.45, 2.75) is 32.6 Å². The van der Waals surface area contributed by atoms with Crippen molar-refractivity contribution in [2.24, 2.45) is 4.99 Å². The number of nitrogens with zero attached hydrogens (tertiary/aromatic N) is 4. The zero-order valence-corrected chi connectivity index (χ0v) is 15.0. The van der Waals surface area contributed by atoms with Crippen molar-refractivity contribution in [2.75, 3.05) is 19.7 Å². The quantitative estimate of drug-likeness (QED) is 0.394. The van der Waals surface area contributed by atoms with Crippen LogP contribution in [0.5, 0.6) is 5.88 Å². The minimum atomic E-state index is -4.39. The first-order valence-electron chi connectivity index (χ1n) is 8.60. The Kier molecular flexibility index (Phi) is 7.90. The topological polar surface area (TPSA) is 76.4 Å². The minimum absolute atomic E-state index is 0.0720. The molecular formula is C17H23F3N6O. The molecule has 7 nitrogen and oxygen atoms in total. The Morgan fingerprint density at radius 1 is 1.30 bits per heavy atom. The number of nitrogens with one attached hydrogen (secondary N) is 2. The molecule has 0 bridgehead atoms. The van der Waals surface area contributed by atoms with E-state index in [-0.39, 0.29) is 5.88 Å². The molecule has 2 rings (SSSR count). The normalized spacial score (nSPS) is 12.1. The van der Waals surface area contributed by atoms with Crippen molar-refractivity contribution in [1.82, 2.24) is 25.4 Å². The van der Waals surface area contributed by atoms with Crippen LogP contribution in [0.1, 0.15) is 18.9 Å². The predicted molar refractivity (Wildman–Crippen MR) is 95.4 cm³/mol. The molecule has 0 saturated heterocycles. The lowest BCUT2D eigenvalue weighted by atomic mass is 10.3. The van der Waals surface area contributed by atoms with Crippen molar-refractivity contribution in [3.8, 4) is 5.88 Å². The number of hydrogen-bond donors (Lipinski definition) is 2. The van der Waals surface area contributed by atoms with Crippen molar-refractivity contribution in [1.29, 1.82) is 0 Å². The fraction of sp³-hybridized carbons (Fsp3) is 0.471. The van der Waals surface area contributed by atoms with Gasteiger partial charge in [-0.25, -0.2) is 9.98 Å². The summed E-state index contributed by atoms with van der Waals surface area (Å²) in [5, 5.41) is 10.5. The van der Waals surface area contributed by atoms with E-state index in [1.54, 1.807) is 12.3 Å². The summed E-state index contributed by atoms with van der Waals surface area (Å²) in [5.74, 6) is 0.560. The van der Waals surface area contributed by atoms with Gasteiger partial charge in [-0.05, 0) is 31.0 Å². The van der Waals surface area contributed by atoms with E-state index in [2.05, 4.69) is 30.4 Å². The lowest BCUT2D eigenvalue weighted by molar-refractivity contribution is -0.154. The van der Waals surface area contributed by atoms with Crippen LogP contribution in [0.25, 0.3) is 0 Å². The number of rotatable bonds is 9. The van der Waals surface area contributed by atoms with Crippen LogP contribution in [-0.2, 0) is 13.1 Å². The van der Waals surface area contributed by atoms with Crippen LogP contribution in [0, 0.1) is 0 Å². The van der Waals surface area contributed by atoms with Crippen LogP contribution >= 0.6 is 0 Å². The maximum Gasteiger partial charge on any atom is 0.422 e. The second-order valence-corrected chi connectivity index (χ2v) is 5.65. The van der Waals surface area contributed by atoms with Gasteiger partial charge in [0.25, 0.3) is 0 Å². The molecule has 0 aliphatic rings. The molecule has 0 fully saturated rings. The first-order chi connectivity index (χ1) is 13.0. The van der Waals surface area contributed by atoms with Gasteiger partial charge in [-0.3, -0.25) is 4.68 Å². The molecule has 10 heteroatoms. The molecule has 0 atom stereocenters. The average molecular weight is 384 g/mol. The van der Waals surface area contributed by atoms with Gasteiger partial charge < -0.3 is 15.4 Å². The highest BCUT2D eigenvalue weighted by atomic mass is 19.4. The Morgan fingerprint density at radius 2 is 2.15 bits per heavy atom. The zero-order chi connectivity index (χ0) is 19.5. The minimum Gasteiger partial charge on any atom is -0.468 e. The zero-order valence-electron chi connectivity index (χ0n) is 15.0. The molecule has 2 N–H and O–H groups in total. The van der Waals surface area contributed by atoms with E-state index in [1.807, 2.05) is 23.9 Å². The molecule has 0 aliphatic heterocycles. The van der Waals surface area contributed by atoms with Gasteiger partial charge in [-0.2, -0.15) is 18.3 Å². The highest BCUT2D eigenvalue weighted by Gasteiger charge is 2.28. The lowest BCUT2D eigenvalue weighted by Crippen LogP contribution is -2.38. The lowest BCUT2D eigenvalue weighted by Gasteiger charge is -2.12. The maximum absolute atomic E-state index is 12.2. The number of aromatic nitrogens is 3. The van der Waals surface area contributed by atoms with E-state index in [4.69, 9.17) is 0 Å². The van der Waals surface area contributed by atoms with Crippen molar-refractivity contribution in [3.63, 3.8) is 0 Å². The molecule has 2 aromatic rings. The summed E-state index contributed by atoms with van der Waals surface area (Å²) in [5.41, 5.74) is 0.705. The summed E-state index contributed by atoms with van der Waals surface area (Å²) < 4.78 is 43.2. The Morgan fingerprint density at radius 3 is 2.85 bits per heavy atom. The molecule has 148 valence electrons. The monoisotopic (exact) mass is 384 g/mol. The fourth-order valence-electron chi connectivity index (χ4n) is 2.18. The van der Waals surface area contributed by atoms with E-state index in [1.165, 1.54) is 12.3 Å². The van der Waals surface area contributed by atoms with Gasteiger partial charge in [-0.1, -0.05) is 0 Å². The summed E-state index contributed by atoms with van der Waals surface area (Å²) in [4.78, 5) is 8.22. The van der Waals surface area contributed by atoms with Crippen molar-refractivity contribution >= 4 is 5.96 Å². The Bertz CT molecular complexity index is 703. The predicted octanol–water partition coefficient (Wildman–Crippen LogP) is 2.36. The summed E-state index contributed by atoms with van der Waals surface area (Å²) in [7, 11) is 0. The number of aryl methyl sites for hydroxylation is 1.